The zero-order valence-corrected chi connectivity index (χ0v) is 9.58. The molecule has 0 unspecified atom stereocenters. The maximum absolute atomic E-state index is 13.4. The van der Waals surface area contributed by atoms with E-state index >= 15 is 0 Å². The molecule has 0 bridgehead atoms. The smallest absolute Gasteiger partial charge is 0.258 e. The third kappa shape index (κ3) is 2.85. The third-order valence-corrected chi connectivity index (χ3v) is 2.37. The monoisotopic (exact) mass is 266 g/mol. The van der Waals surface area contributed by atoms with Gasteiger partial charge in [-0.05, 0) is 30.3 Å². The maximum atomic E-state index is 13.4. The van der Waals surface area contributed by atoms with Crippen molar-refractivity contribution in [1.29, 1.82) is 0 Å². The van der Waals surface area contributed by atoms with Crippen LogP contribution < -0.4 is 11.1 Å². The number of hydrogen-bond donors (Lipinski definition) is 2. The van der Waals surface area contributed by atoms with Gasteiger partial charge < -0.3 is 11.1 Å². The Balaban J connectivity index is 2.28. The van der Waals surface area contributed by atoms with Crippen LogP contribution in [0.5, 0.6) is 0 Å². The number of amides is 1. The van der Waals surface area contributed by atoms with Crippen molar-refractivity contribution in [3.8, 4) is 0 Å². The highest BCUT2D eigenvalue weighted by atomic mass is 19.2. The van der Waals surface area contributed by atoms with Gasteiger partial charge in [-0.1, -0.05) is 6.07 Å². The van der Waals surface area contributed by atoms with Gasteiger partial charge in [0.1, 0.15) is 5.82 Å². The van der Waals surface area contributed by atoms with E-state index in [1.807, 2.05) is 0 Å². The van der Waals surface area contributed by atoms with Crippen molar-refractivity contribution < 1.29 is 18.0 Å². The van der Waals surface area contributed by atoms with Crippen molar-refractivity contribution in [2.24, 2.45) is 0 Å². The van der Waals surface area contributed by atoms with Gasteiger partial charge in [-0.15, -0.1) is 0 Å². The van der Waals surface area contributed by atoms with Crippen molar-refractivity contribution in [1.82, 2.24) is 0 Å². The molecule has 0 radical (unpaired) electrons. The first-order valence-corrected chi connectivity index (χ1v) is 5.29. The number of nitrogens with two attached hydrogens (primary N) is 1. The van der Waals surface area contributed by atoms with Crippen molar-refractivity contribution >= 4 is 17.3 Å². The highest BCUT2D eigenvalue weighted by molar-refractivity contribution is 6.04. The number of anilines is 2. The lowest BCUT2D eigenvalue weighted by Gasteiger charge is -2.07. The minimum absolute atomic E-state index is 0.0613. The van der Waals surface area contributed by atoms with Gasteiger partial charge in [0.15, 0.2) is 11.6 Å². The summed E-state index contributed by atoms with van der Waals surface area (Å²) in [5.41, 5.74) is 5.10. The first kappa shape index (κ1) is 12.9. The summed E-state index contributed by atoms with van der Waals surface area (Å²) < 4.78 is 39.4. The standard InChI is InChI=1S/C13H9F3N2O/c14-7-4-8(17)6-9(5-7)18-13(19)10-2-1-3-11(15)12(10)16/h1-6H,17H2,(H,18,19). The second-order valence-electron chi connectivity index (χ2n) is 3.83. The average Bonchev–Trinajstić information content (AvgIpc) is 2.31. The van der Waals surface area contributed by atoms with E-state index in [2.05, 4.69) is 5.32 Å². The van der Waals surface area contributed by atoms with E-state index in [1.54, 1.807) is 0 Å². The molecule has 0 aliphatic rings. The normalized spacial score (nSPS) is 10.3. The predicted molar refractivity (Wildman–Crippen MR) is 65.1 cm³/mol. The van der Waals surface area contributed by atoms with E-state index in [-0.39, 0.29) is 11.4 Å². The van der Waals surface area contributed by atoms with Gasteiger partial charge >= 0.3 is 0 Å². The Labute approximate surface area is 106 Å². The van der Waals surface area contributed by atoms with E-state index < -0.39 is 28.9 Å². The molecule has 6 heteroatoms. The molecule has 0 fully saturated rings. The van der Waals surface area contributed by atoms with Gasteiger partial charge in [0.2, 0.25) is 0 Å². The van der Waals surface area contributed by atoms with Gasteiger partial charge in [0, 0.05) is 11.4 Å². The lowest BCUT2D eigenvalue weighted by Crippen LogP contribution is -2.14. The number of halogens is 3. The van der Waals surface area contributed by atoms with Crippen LogP contribution in [0.15, 0.2) is 36.4 Å². The average molecular weight is 266 g/mol. The quantitative estimate of drug-likeness (QED) is 0.821. The number of hydrogen-bond acceptors (Lipinski definition) is 2. The van der Waals surface area contributed by atoms with Crippen LogP contribution in [0.1, 0.15) is 10.4 Å². The summed E-state index contributed by atoms with van der Waals surface area (Å²) in [6, 6.07) is 6.61. The molecule has 1 amide bonds. The maximum Gasteiger partial charge on any atom is 0.258 e. The number of carbonyl (C=O) groups is 1. The van der Waals surface area contributed by atoms with E-state index in [4.69, 9.17) is 5.73 Å². The summed E-state index contributed by atoms with van der Waals surface area (Å²) in [5, 5.41) is 2.24. The molecule has 3 N–H and O–H groups in total. The molecule has 0 aliphatic heterocycles. The molecule has 2 aromatic rings. The topological polar surface area (TPSA) is 55.1 Å². The SMILES string of the molecule is Nc1cc(F)cc(NC(=O)c2cccc(F)c2F)c1. The largest absolute Gasteiger partial charge is 0.399 e. The summed E-state index contributed by atoms with van der Waals surface area (Å²) in [6.45, 7) is 0. The molecule has 2 aromatic carbocycles. The molecule has 0 aliphatic carbocycles. The Hall–Kier alpha value is -2.50. The number of nitrogens with one attached hydrogen (secondary N) is 1. The molecule has 0 aromatic heterocycles. The lowest BCUT2D eigenvalue weighted by atomic mass is 10.2. The highest BCUT2D eigenvalue weighted by Gasteiger charge is 2.15. The van der Waals surface area contributed by atoms with Crippen molar-refractivity contribution in [3.63, 3.8) is 0 Å². The number of nitrogen functional groups attached to an aromatic ring is 1. The van der Waals surface area contributed by atoms with E-state index in [1.165, 1.54) is 12.1 Å². The summed E-state index contributed by atoms with van der Waals surface area (Å²) in [6.07, 6.45) is 0. The molecule has 0 atom stereocenters. The number of carbonyl (C=O) groups excluding carboxylic acids is 1. The third-order valence-electron chi connectivity index (χ3n) is 2.37. The Morgan fingerprint density at radius 2 is 1.84 bits per heavy atom. The van der Waals surface area contributed by atoms with Crippen LogP contribution in [0.2, 0.25) is 0 Å². The van der Waals surface area contributed by atoms with E-state index in [0.29, 0.717) is 0 Å². The Kier molecular flexibility index (Phi) is 3.41. The molecule has 0 saturated carbocycles. The molecule has 0 heterocycles. The van der Waals surface area contributed by atoms with Gasteiger partial charge in [-0.25, -0.2) is 13.2 Å². The zero-order chi connectivity index (χ0) is 14.0. The van der Waals surface area contributed by atoms with Crippen molar-refractivity contribution in [2.45, 2.75) is 0 Å². The molecule has 0 saturated heterocycles. The Morgan fingerprint density at radius 3 is 2.53 bits per heavy atom. The molecule has 0 spiro atoms. The summed E-state index contributed by atoms with van der Waals surface area (Å²) in [7, 11) is 0. The number of rotatable bonds is 2. The minimum atomic E-state index is -1.26. The fourth-order valence-corrected chi connectivity index (χ4v) is 1.56. The van der Waals surface area contributed by atoms with E-state index in [0.717, 1.165) is 24.3 Å². The van der Waals surface area contributed by atoms with Crippen molar-refractivity contribution in [2.75, 3.05) is 11.1 Å². The minimum Gasteiger partial charge on any atom is -0.399 e. The van der Waals surface area contributed by atoms with Gasteiger partial charge in [0.05, 0.1) is 5.56 Å². The van der Waals surface area contributed by atoms with Crippen LogP contribution in [0.4, 0.5) is 24.5 Å². The van der Waals surface area contributed by atoms with E-state index in [9.17, 15) is 18.0 Å². The van der Waals surface area contributed by atoms with Crippen molar-refractivity contribution in [3.05, 3.63) is 59.4 Å². The fourth-order valence-electron chi connectivity index (χ4n) is 1.56. The fraction of sp³-hybridized carbons (Fsp3) is 0. The summed E-state index contributed by atoms with van der Waals surface area (Å²) in [5.74, 6) is -3.92. The zero-order valence-electron chi connectivity index (χ0n) is 9.58. The van der Waals surface area contributed by atoms with Crippen LogP contribution in [-0.2, 0) is 0 Å². The summed E-state index contributed by atoms with van der Waals surface area (Å²) in [4.78, 5) is 11.7. The first-order valence-electron chi connectivity index (χ1n) is 5.29. The Bertz CT molecular complexity index is 624. The second-order valence-corrected chi connectivity index (χ2v) is 3.83. The molecule has 2 rings (SSSR count). The molecular weight excluding hydrogens is 257 g/mol. The molecule has 98 valence electrons. The Morgan fingerprint density at radius 1 is 1.11 bits per heavy atom. The lowest BCUT2D eigenvalue weighted by molar-refractivity contribution is 0.102. The predicted octanol–water partition coefficient (Wildman–Crippen LogP) is 2.94. The molecular formula is C13H9F3N2O. The van der Waals surface area contributed by atoms with Crippen LogP contribution in [0, 0.1) is 17.5 Å². The number of benzene rings is 2. The highest BCUT2D eigenvalue weighted by Crippen LogP contribution is 2.18. The van der Waals surface area contributed by atoms with Gasteiger partial charge in [-0.2, -0.15) is 0 Å². The first-order chi connectivity index (χ1) is 8.97. The van der Waals surface area contributed by atoms with Crippen LogP contribution in [0.25, 0.3) is 0 Å². The van der Waals surface area contributed by atoms with Gasteiger partial charge in [-0.3, -0.25) is 4.79 Å². The van der Waals surface area contributed by atoms with Gasteiger partial charge in [0.25, 0.3) is 5.91 Å². The summed E-state index contributed by atoms with van der Waals surface area (Å²) >= 11 is 0. The molecule has 3 nitrogen and oxygen atoms in total. The van der Waals surface area contributed by atoms with Crippen LogP contribution in [0.3, 0.4) is 0 Å². The van der Waals surface area contributed by atoms with Crippen LogP contribution in [-0.4, -0.2) is 5.91 Å². The molecule has 19 heavy (non-hydrogen) atoms. The second kappa shape index (κ2) is 5.01. The van der Waals surface area contributed by atoms with Crippen LogP contribution >= 0.6 is 0 Å².